The van der Waals surface area contributed by atoms with Crippen molar-refractivity contribution >= 4 is 32.7 Å². The van der Waals surface area contributed by atoms with Gasteiger partial charge in [0.15, 0.2) is 11.5 Å². The number of imidazole rings is 1. The number of aromatic nitrogens is 4. The predicted octanol–water partition coefficient (Wildman–Crippen LogP) is 4.63. The Balaban J connectivity index is 1.48. The van der Waals surface area contributed by atoms with E-state index in [1.165, 1.54) is 24.8 Å². The number of rotatable bonds is 10. The maximum Gasteiger partial charge on any atom is 0.329 e. The van der Waals surface area contributed by atoms with Crippen LogP contribution in [0.2, 0.25) is 0 Å². The van der Waals surface area contributed by atoms with Gasteiger partial charge >= 0.3 is 11.8 Å². The van der Waals surface area contributed by atoms with Crippen LogP contribution in [0.4, 0.5) is 30.7 Å². The molecule has 0 bridgehead atoms. The molecule has 11 nitrogen and oxygen atoms in total. The number of nitrogens with one attached hydrogen (secondary N) is 1. The number of hydrogen-bond acceptors (Lipinski definition) is 8. The summed E-state index contributed by atoms with van der Waals surface area (Å²) in [6.45, 7) is -0.796. The van der Waals surface area contributed by atoms with Crippen LogP contribution < -0.4 is 0 Å². The van der Waals surface area contributed by atoms with Gasteiger partial charge in [0.1, 0.15) is 26.9 Å². The van der Waals surface area contributed by atoms with E-state index in [9.17, 15) is 44.3 Å². The van der Waals surface area contributed by atoms with E-state index in [0.717, 1.165) is 6.07 Å². The highest BCUT2D eigenvalue weighted by Crippen LogP contribution is 2.43. The standard InChI is InChI=1S/C28H31F7N6O5S/c1-3-47(44,45)11-8-18(24(42)40-13-27(32,33)28(34,35)14-40)17-4-5-19-23(21(17)29)37-20(36-19)12-41(16-6-9-26(30,31)10-7-16)25(43)22-15(2)38-46-39-22/h4-5,16,18H,3,6-14H2,1-2H3,(H,36,37)/t18-/m0/s1. The molecule has 2 aliphatic rings. The number of aromatic amines is 1. The molecule has 47 heavy (non-hydrogen) atoms. The summed E-state index contributed by atoms with van der Waals surface area (Å²) < 4.78 is 129. The van der Waals surface area contributed by atoms with Gasteiger partial charge in [0.05, 0.1) is 36.8 Å². The minimum atomic E-state index is -4.54. The first-order valence-corrected chi connectivity index (χ1v) is 16.6. The van der Waals surface area contributed by atoms with Gasteiger partial charge in [0.25, 0.3) is 5.91 Å². The van der Waals surface area contributed by atoms with Crippen molar-refractivity contribution in [2.24, 2.45) is 0 Å². The van der Waals surface area contributed by atoms with Crippen molar-refractivity contribution in [3.63, 3.8) is 0 Å². The first-order chi connectivity index (χ1) is 21.8. The molecule has 258 valence electrons. The zero-order chi connectivity index (χ0) is 34.5. The molecule has 3 heterocycles. The van der Waals surface area contributed by atoms with Gasteiger partial charge in [-0.3, -0.25) is 9.59 Å². The Hall–Kier alpha value is -3.77. The number of H-pyrrole nitrogens is 1. The number of benzene rings is 1. The molecule has 5 rings (SSSR count). The third kappa shape index (κ3) is 6.94. The van der Waals surface area contributed by atoms with Gasteiger partial charge < -0.3 is 14.8 Å². The highest BCUT2D eigenvalue weighted by molar-refractivity contribution is 7.91. The van der Waals surface area contributed by atoms with E-state index in [2.05, 4.69) is 24.9 Å². The van der Waals surface area contributed by atoms with E-state index in [4.69, 9.17) is 0 Å². The van der Waals surface area contributed by atoms with Crippen LogP contribution >= 0.6 is 0 Å². The molecule has 1 N–H and O–H groups in total. The molecule has 2 amide bonds. The van der Waals surface area contributed by atoms with Crippen LogP contribution in [0.1, 0.15) is 72.5 Å². The Kier molecular flexibility index (Phi) is 9.08. The maximum absolute atomic E-state index is 16.1. The van der Waals surface area contributed by atoms with Crippen molar-refractivity contribution in [3.05, 3.63) is 40.7 Å². The number of carbonyl (C=O) groups is 2. The normalized spacial score (nSPS) is 20.1. The second-order valence-electron chi connectivity index (χ2n) is 11.9. The molecule has 2 fully saturated rings. The lowest BCUT2D eigenvalue weighted by molar-refractivity contribution is -0.172. The molecule has 19 heteroatoms. The molecule has 1 aliphatic heterocycles. The highest BCUT2D eigenvalue weighted by Gasteiger charge is 2.64. The summed E-state index contributed by atoms with van der Waals surface area (Å²) in [5, 5.41) is 7.19. The number of nitrogens with zero attached hydrogens (tertiary/aromatic N) is 5. The summed E-state index contributed by atoms with van der Waals surface area (Å²) in [6.07, 6.45) is -1.65. The van der Waals surface area contributed by atoms with Crippen molar-refractivity contribution in [2.75, 3.05) is 24.6 Å². The minimum absolute atomic E-state index is 0.00565. The Labute approximate surface area is 263 Å². The molecule has 2 aromatic heterocycles. The molecular weight excluding hydrogens is 665 g/mol. The van der Waals surface area contributed by atoms with Gasteiger partial charge in [0.2, 0.25) is 11.8 Å². The number of carbonyl (C=O) groups excluding carboxylic acids is 2. The molecule has 1 atom stereocenters. The first-order valence-electron chi connectivity index (χ1n) is 14.7. The third-order valence-corrected chi connectivity index (χ3v) is 10.4. The molecule has 3 aromatic rings. The van der Waals surface area contributed by atoms with Crippen molar-refractivity contribution in [3.8, 4) is 0 Å². The highest BCUT2D eigenvalue weighted by atomic mass is 32.2. The van der Waals surface area contributed by atoms with Gasteiger partial charge in [-0.05, 0) is 37.4 Å². The average molecular weight is 697 g/mol. The van der Waals surface area contributed by atoms with Crippen LogP contribution in [-0.4, -0.2) is 98.7 Å². The number of hydrogen-bond donors (Lipinski definition) is 1. The summed E-state index contributed by atoms with van der Waals surface area (Å²) in [5.41, 5.74) is -0.761. The van der Waals surface area contributed by atoms with Crippen molar-refractivity contribution in [2.45, 2.75) is 82.2 Å². The molecule has 0 spiro atoms. The van der Waals surface area contributed by atoms with Gasteiger partial charge in [-0.15, -0.1) is 0 Å². The summed E-state index contributed by atoms with van der Waals surface area (Å²) in [5.74, 6) is -17.8. The third-order valence-electron chi connectivity index (χ3n) is 8.69. The number of fused-ring (bicyclic) bond motifs is 1. The molecule has 1 saturated carbocycles. The van der Waals surface area contributed by atoms with E-state index in [1.54, 1.807) is 0 Å². The second-order valence-corrected chi connectivity index (χ2v) is 14.4. The fourth-order valence-electron chi connectivity index (χ4n) is 5.88. The average Bonchev–Trinajstić information content (AvgIpc) is 3.67. The quantitative estimate of drug-likeness (QED) is 0.303. The zero-order valence-electron chi connectivity index (χ0n) is 25.2. The SMILES string of the molecule is CCS(=O)(=O)CC[C@H](C(=O)N1CC(F)(F)C(F)(F)C1)c1ccc2[nH]c(CN(C(=O)c3nonc3C)C3CCC(F)(F)CC3)nc2c1F. The monoisotopic (exact) mass is 696 g/mol. The molecule has 0 unspecified atom stereocenters. The fourth-order valence-corrected chi connectivity index (χ4v) is 6.76. The smallest absolute Gasteiger partial charge is 0.329 e. The van der Waals surface area contributed by atoms with Gasteiger partial charge in [0, 0.05) is 30.2 Å². The maximum atomic E-state index is 16.1. The minimum Gasteiger partial charge on any atom is -0.340 e. The Morgan fingerprint density at radius 1 is 1.09 bits per heavy atom. The van der Waals surface area contributed by atoms with Crippen LogP contribution in [0.15, 0.2) is 16.8 Å². The molecule has 1 saturated heterocycles. The molecular formula is C28H31F7N6O5S. The van der Waals surface area contributed by atoms with Crippen molar-refractivity contribution in [1.29, 1.82) is 0 Å². The van der Waals surface area contributed by atoms with E-state index in [-0.39, 0.29) is 58.3 Å². The van der Waals surface area contributed by atoms with E-state index in [1.807, 2.05) is 0 Å². The number of alkyl halides is 6. The number of amides is 2. The zero-order valence-corrected chi connectivity index (χ0v) is 26.0. The number of likely N-dealkylation sites (tertiary alicyclic amines) is 1. The van der Waals surface area contributed by atoms with Crippen LogP contribution in [0, 0.1) is 12.7 Å². The lowest BCUT2D eigenvalue weighted by Crippen LogP contribution is -2.44. The predicted molar refractivity (Wildman–Crippen MR) is 150 cm³/mol. The van der Waals surface area contributed by atoms with E-state index < -0.39 is 101 Å². The van der Waals surface area contributed by atoms with Crippen LogP contribution in [0.3, 0.4) is 0 Å². The number of aryl methyl sites for hydroxylation is 1. The first kappa shape index (κ1) is 34.6. The van der Waals surface area contributed by atoms with E-state index >= 15 is 4.39 Å². The van der Waals surface area contributed by atoms with Gasteiger partial charge in [-0.1, -0.05) is 18.1 Å². The Bertz CT molecular complexity index is 1750. The topological polar surface area (TPSA) is 142 Å². The van der Waals surface area contributed by atoms with Crippen molar-refractivity contribution in [1.82, 2.24) is 30.1 Å². The summed E-state index contributed by atoms with van der Waals surface area (Å²) in [7, 11) is -3.75. The number of sulfone groups is 1. The molecule has 0 radical (unpaired) electrons. The number of halogens is 7. The second kappa shape index (κ2) is 12.4. The lowest BCUT2D eigenvalue weighted by Gasteiger charge is -2.36. The lowest BCUT2D eigenvalue weighted by atomic mass is 9.91. The van der Waals surface area contributed by atoms with Gasteiger partial charge in [-0.25, -0.2) is 31.2 Å². The summed E-state index contributed by atoms with van der Waals surface area (Å²) >= 11 is 0. The van der Waals surface area contributed by atoms with Crippen LogP contribution in [0.25, 0.3) is 11.0 Å². The molecule has 1 aliphatic carbocycles. The van der Waals surface area contributed by atoms with E-state index in [0.29, 0.717) is 0 Å². The summed E-state index contributed by atoms with van der Waals surface area (Å²) in [4.78, 5) is 35.3. The van der Waals surface area contributed by atoms with Crippen molar-refractivity contribution < 1.29 is 53.4 Å². The molecule has 1 aromatic carbocycles. The Morgan fingerprint density at radius 3 is 2.30 bits per heavy atom. The van der Waals surface area contributed by atoms with Gasteiger partial charge in [-0.2, -0.15) is 17.6 Å². The fraction of sp³-hybridized carbons (Fsp3) is 0.607. The van der Waals surface area contributed by atoms with Crippen LogP contribution in [-0.2, 0) is 21.2 Å². The Morgan fingerprint density at radius 2 is 1.72 bits per heavy atom. The van der Waals surface area contributed by atoms with Crippen LogP contribution in [0.5, 0.6) is 0 Å². The summed E-state index contributed by atoms with van der Waals surface area (Å²) in [6, 6.07) is 1.71. The largest absolute Gasteiger partial charge is 0.340 e.